The van der Waals surface area contributed by atoms with E-state index >= 15 is 0 Å². The first-order valence-electron chi connectivity index (χ1n) is 4.88. The van der Waals surface area contributed by atoms with Crippen molar-refractivity contribution in [3.8, 4) is 0 Å². The van der Waals surface area contributed by atoms with Crippen molar-refractivity contribution < 1.29 is 9.52 Å². The minimum atomic E-state index is -0.602. The summed E-state index contributed by atoms with van der Waals surface area (Å²) in [6.45, 7) is 1.93. The first-order valence-corrected chi connectivity index (χ1v) is 4.88. The Balaban J connectivity index is 2.12. The number of aliphatic hydroxyl groups is 1. The summed E-state index contributed by atoms with van der Waals surface area (Å²) in [5.41, 5.74) is 1.95. The van der Waals surface area contributed by atoms with E-state index in [9.17, 15) is 5.11 Å². The Kier molecular flexibility index (Phi) is 2.60. The zero-order chi connectivity index (χ0) is 10.8. The first kappa shape index (κ1) is 9.98. The van der Waals surface area contributed by atoms with Gasteiger partial charge in [-0.2, -0.15) is 5.10 Å². The van der Waals surface area contributed by atoms with E-state index in [0.29, 0.717) is 12.2 Å². The van der Waals surface area contributed by atoms with Gasteiger partial charge in [0.25, 0.3) is 0 Å². The summed E-state index contributed by atoms with van der Waals surface area (Å²) in [4.78, 5) is 0. The van der Waals surface area contributed by atoms with E-state index in [-0.39, 0.29) is 0 Å². The highest BCUT2D eigenvalue weighted by atomic mass is 16.4. The Labute approximate surface area is 88.1 Å². The SMILES string of the molecule is Cc1cc(CC(O)c2ccco2)n(C)n1. The van der Waals surface area contributed by atoms with Crippen molar-refractivity contribution in [3.05, 3.63) is 41.6 Å². The maximum atomic E-state index is 9.86. The van der Waals surface area contributed by atoms with Crippen LogP contribution in [0, 0.1) is 6.92 Å². The molecule has 0 saturated carbocycles. The molecule has 0 radical (unpaired) electrons. The average molecular weight is 206 g/mol. The molecule has 2 aromatic rings. The zero-order valence-electron chi connectivity index (χ0n) is 8.84. The molecule has 2 aromatic heterocycles. The van der Waals surface area contributed by atoms with E-state index < -0.39 is 6.10 Å². The largest absolute Gasteiger partial charge is 0.467 e. The molecular weight excluding hydrogens is 192 g/mol. The maximum absolute atomic E-state index is 9.86. The monoisotopic (exact) mass is 206 g/mol. The van der Waals surface area contributed by atoms with Crippen molar-refractivity contribution in [2.24, 2.45) is 7.05 Å². The van der Waals surface area contributed by atoms with Gasteiger partial charge in [-0.1, -0.05) is 0 Å². The van der Waals surface area contributed by atoms with Gasteiger partial charge in [0.2, 0.25) is 0 Å². The molecule has 2 rings (SSSR count). The second-order valence-corrected chi connectivity index (χ2v) is 3.64. The Hall–Kier alpha value is -1.55. The van der Waals surface area contributed by atoms with Gasteiger partial charge in [-0.3, -0.25) is 4.68 Å². The van der Waals surface area contributed by atoms with Crippen molar-refractivity contribution in [1.29, 1.82) is 0 Å². The molecule has 0 fully saturated rings. The number of nitrogens with zero attached hydrogens (tertiary/aromatic N) is 2. The maximum Gasteiger partial charge on any atom is 0.132 e. The highest BCUT2D eigenvalue weighted by Crippen LogP contribution is 2.18. The molecule has 1 atom stereocenters. The number of hydrogen-bond acceptors (Lipinski definition) is 3. The van der Waals surface area contributed by atoms with E-state index in [1.54, 1.807) is 23.1 Å². The highest BCUT2D eigenvalue weighted by molar-refractivity contribution is 5.12. The second-order valence-electron chi connectivity index (χ2n) is 3.64. The summed E-state index contributed by atoms with van der Waals surface area (Å²) in [7, 11) is 1.87. The van der Waals surface area contributed by atoms with E-state index in [1.807, 2.05) is 20.0 Å². The topological polar surface area (TPSA) is 51.2 Å². The van der Waals surface area contributed by atoms with Gasteiger partial charge in [0.15, 0.2) is 0 Å². The molecular formula is C11H14N2O2. The third kappa shape index (κ3) is 2.10. The van der Waals surface area contributed by atoms with Crippen LogP contribution in [0.2, 0.25) is 0 Å². The van der Waals surface area contributed by atoms with Crippen LogP contribution in [-0.2, 0) is 13.5 Å². The van der Waals surface area contributed by atoms with Crippen LogP contribution in [0.15, 0.2) is 28.9 Å². The molecule has 4 heteroatoms. The zero-order valence-corrected chi connectivity index (χ0v) is 8.84. The van der Waals surface area contributed by atoms with Crippen LogP contribution in [0.1, 0.15) is 23.3 Å². The van der Waals surface area contributed by atoms with Crippen LogP contribution in [0.25, 0.3) is 0 Å². The fraction of sp³-hybridized carbons (Fsp3) is 0.364. The molecule has 80 valence electrons. The van der Waals surface area contributed by atoms with Gasteiger partial charge >= 0.3 is 0 Å². The molecule has 0 aliphatic carbocycles. The molecule has 0 saturated heterocycles. The van der Waals surface area contributed by atoms with Gasteiger partial charge in [0, 0.05) is 19.2 Å². The Morgan fingerprint density at radius 3 is 2.93 bits per heavy atom. The number of aryl methyl sites for hydroxylation is 2. The smallest absolute Gasteiger partial charge is 0.132 e. The Morgan fingerprint density at radius 1 is 1.60 bits per heavy atom. The average Bonchev–Trinajstić information content (AvgIpc) is 2.76. The van der Waals surface area contributed by atoms with Gasteiger partial charge in [0.05, 0.1) is 12.0 Å². The summed E-state index contributed by atoms with van der Waals surface area (Å²) in [5, 5.41) is 14.1. The molecule has 2 heterocycles. The molecule has 1 N–H and O–H groups in total. The molecule has 4 nitrogen and oxygen atoms in total. The van der Waals surface area contributed by atoms with Crippen molar-refractivity contribution in [2.45, 2.75) is 19.4 Å². The molecule has 0 aliphatic heterocycles. The standard InChI is InChI=1S/C11H14N2O2/c1-8-6-9(13(2)12-8)7-10(14)11-4-3-5-15-11/h3-6,10,14H,7H2,1-2H3. The van der Waals surface area contributed by atoms with Crippen LogP contribution in [0.3, 0.4) is 0 Å². The lowest BCUT2D eigenvalue weighted by molar-refractivity contribution is 0.148. The predicted octanol–water partition coefficient (Wildman–Crippen LogP) is 1.60. The van der Waals surface area contributed by atoms with E-state index in [2.05, 4.69) is 5.10 Å². The van der Waals surface area contributed by atoms with Crippen LogP contribution in [-0.4, -0.2) is 14.9 Å². The van der Waals surface area contributed by atoms with E-state index in [4.69, 9.17) is 4.42 Å². The summed E-state index contributed by atoms with van der Waals surface area (Å²) in [6, 6.07) is 5.51. The summed E-state index contributed by atoms with van der Waals surface area (Å²) >= 11 is 0. The van der Waals surface area contributed by atoms with Crippen LogP contribution in [0.4, 0.5) is 0 Å². The Morgan fingerprint density at radius 2 is 2.40 bits per heavy atom. The van der Waals surface area contributed by atoms with Gasteiger partial charge in [-0.15, -0.1) is 0 Å². The summed E-state index contributed by atoms with van der Waals surface area (Å²) < 4.78 is 6.91. The molecule has 0 aromatic carbocycles. The van der Waals surface area contributed by atoms with Crippen molar-refractivity contribution in [2.75, 3.05) is 0 Å². The lowest BCUT2D eigenvalue weighted by Gasteiger charge is -2.07. The number of aromatic nitrogens is 2. The highest BCUT2D eigenvalue weighted by Gasteiger charge is 2.13. The summed E-state index contributed by atoms with van der Waals surface area (Å²) in [5.74, 6) is 0.592. The quantitative estimate of drug-likeness (QED) is 0.829. The van der Waals surface area contributed by atoms with Crippen molar-refractivity contribution in [3.63, 3.8) is 0 Å². The normalized spacial score (nSPS) is 13.0. The van der Waals surface area contributed by atoms with Gasteiger partial charge in [-0.25, -0.2) is 0 Å². The molecule has 15 heavy (non-hydrogen) atoms. The fourth-order valence-corrected chi connectivity index (χ4v) is 1.63. The van der Waals surface area contributed by atoms with Gasteiger partial charge < -0.3 is 9.52 Å². The van der Waals surface area contributed by atoms with E-state index in [0.717, 1.165) is 11.4 Å². The van der Waals surface area contributed by atoms with Crippen LogP contribution in [0.5, 0.6) is 0 Å². The first-order chi connectivity index (χ1) is 7.16. The number of hydrogen-bond donors (Lipinski definition) is 1. The van der Waals surface area contributed by atoms with Crippen LogP contribution < -0.4 is 0 Å². The fourth-order valence-electron chi connectivity index (χ4n) is 1.63. The minimum absolute atomic E-state index is 0.519. The number of furan rings is 1. The molecule has 1 unspecified atom stereocenters. The minimum Gasteiger partial charge on any atom is -0.467 e. The predicted molar refractivity (Wildman–Crippen MR) is 55.3 cm³/mol. The second kappa shape index (κ2) is 3.90. The Bertz CT molecular complexity index is 431. The molecule has 0 bridgehead atoms. The van der Waals surface area contributed by atoms with Gasteiger partial charge in [-0.05, 0) is 25.1 Å². The molecule has 0 amide bonds. The van der Waals surface area contributed by atoms with Crippen molar-refractivity contribution in [1.82, 2.24) is 9.78 Å². The summed E-state index contributed by atoms with van der Waals surface area (Å²) in [6.07, 6.45) is 1.48. The van der Waals surface area contributed by atoms with E-state index in [1.165, 1.54) is 0 Å². The number of rotatable bonds is 3. The molecule has 0 spiro atoms. The van der Waals surface area contributed by atoms with Crippen molar-refractivity contribution >= 4 is 0 Å². The van der Waals surface area contributed by atoms with Crippen LogP contribution >= 0.6 is 0 Å². The third-order valence-electron chi connectivity index (χ3n) is 2.37. The number of aliphatic hydroxyl groups excluding tert-OH is 1. The van der Waals surface area contributed by atoms with Gasteiger partial charge in [0.1, 0.15) is 11.9 Å². The third-order valence-corrected chi connectivity index (χ3v) is 2.37. The lowest BCUT2D eigenvalue weighted by Crippen LogP contribution is -2.05. The molecule has 0 aliphatic rings. The lowest BCUT2D eigenvalue weighted by atomic mass is 10.1.